The molecule has 0 radical (unpaired) electrons. The van der Waals surface area contributed by atoms with Crippen molar-refractivity contribution in [1.82, 2.24) is 42.1 Å². The van der Waals surface area contributed by atoms with Gasteiger partial charge in [0, 0.05) is 13.0 Å². The predicted octanol–water partition coefficient (Wildman–Crippen LogP) is 6.22. The van der Waals surface area contributed by atoms with E-state index in [9.17, 15) is 43.2 Å². The second-order valence-electron chi connectivity index (χ2n) is 22.9. The van der Waals surface area contributed by atoms with Crippen molar-refractivity contribution in [1.29, 1.82) is 0 Å². The smallest absolute Gasteiger partial charge is 0.408 e. The molecule has 0 spiro atoms. The molecule has 20 heteroatoms. The molecule has 1 aliphatic rings. The van der Waals surface area contributed by atoms with E-state index in [1.807, 2.05) is 111 Å². The molecule has 8 atom stereocenters. The molecular weight excluding hydrogens is 1080 g/mol. The van der Waals surface area contributed by atoms with Crippen LogP contribution in [0.25, 0.3) is 0 Å². The van der Waals surface area contributed by atoms with Crippen molar-refractivity contribution < 1.29 is 52.6 Å². The van der Waals surface area contributed by atoms with E-state index in [0.29, 0.717) is 53.8 Å². The first kappa shape index (κ1) is 66.1. The second-order valence-corrected chi connectivity index (χ2v) is 23.9. The van der Waals surface area contributed by atoms with Gasteiger partial charge in [-0.25, -0.2) is 9.59 Å². The first-order valence-electron chi connectivity index (χ1n) is 28.3. The Morgan fingerprint density at radius 3 is 1.52 bits per heavy atom. The molecule has 4 aromatic rings. The fourth-order valence-electron chi connectivity index (χ4n) is 9.56. The summed E-state index contributed by atoms with van der Waals surface area (Å²) in [5.41, 5.74) is -0.266. The molecule has 19 nitrogen and oxygen atoms in total. The zero-order valence-electron chi connectivity index (χ0n) is 49.7. The summed E-state index contributed by atoms with van der Waals surface area (Å²) in [6.07, 6.45) is 1.84. The van der Waals surface area contributed by atoms with Gasteiger partial charge in [0.1, 0.15) is 59.0 Å². The molecule has 5 rings (SSSR count). The van der Waals surface area contributed by atoms with Crippen LogP contribution in [0.1, 0.15) is 124 Å². The largest absolute Gasteiger partial charge is 0.458 e. The average Bonchev–Trinajstić information content (AvgIpc) is 3.88. The summed E-state index contributed by atoms with van der Waals surface area (Å²) in [6.45, 7) is 17.1. The van der Waals surface area contributed by atoms with Gasteiger partial charge in [0.15, 0.2) is 0 Å². The number of alkyl carbamates (subject to hydrolysis) is 1. The minimum atomic E-state index is -1.66. The van der Waals surface area contributed by atoms with Gasteiger partial charge in [-0.15, -0.1) is 0 Å². The van der Waals surface area contributed by atoms with Crippen molar-refractivity contribution >= 4 is 65.2 Å². The molecule has 7 N–H and O–H groups in total. The van der Waals surface area contributed by atoms with Crippen LogP contribution in [0.4, 0.5) is 4.79 Å². The highest BCUT2D eigenvalue weighted by atomic mass is 32.2. The summed E-state index contributed by atoms with van der Waals surface area (Å²) in [5.74, 6) is -5.54. The number of likely N-dealkylation sites (tertiary alicyclic amines) is 1. The van der Waals surface area contributed by atoms with Gasteiger partial charge in [0.05, 0.1) is 6.42 Å². The maximum absolute atomic E-state index is 14.9. The molecule has 1 saturated heterocycles. The number of amides is 8. The van der Waals surface area contributed by atoms with Crippen LogP contribution in [0.5, 0.6) is 0 Å². The van der Waals surface area contributed by atoms with Crippen molar-refractivity contribution in [2.24, 2.45) is 5.92 Å². The molecule has 83 heavy (non-hydrogen) atoms. The Balaban J connectivity index is 1.39. The standard InChI is InChI=1S/C63H84N8O11S/c1-12-40(2)52(58(78)71-36-25-34-50(71)59(79)81-61(5,6)7)69-54(74)42(4)64-55(75)47(35-37-83-11)66-53(73)41(3)65-56(76)49(67-57(77)48(38-43-26-17-13-18-27-43)68-60(80)82-62(8,9)10)39-51(72)70-63(44-28-19-14-20-29-44,45-30-21-15-22-31-45)46-32-23-16-24-33-46/h13-24,26-33,40-42,47-50,52H,12,25,34-39H2,1-11H3,(H,64,75)(H,65,76)(H,66,73)(H,67,77)(H,68,80)(H,69,74)(H,70,72)/t40-,41-,42-,47-,48-,49+,50-,52-/m0/s1. The van der Waals surface area contributed by atoms with E-state index in [1.165, 1.54) is 30.5 Å². The van der Waals surface area contributed by atoms with Gasteiger partial charge < -0.3 is 51.6 Å². The van der Waals surface area contributed by atoms with Gasteiger partial charge in [-0.05, 0) is 115 Å². The van der Waals surface area contributed by atoms with E-state index >= 15 is 0 Å². The first-order chi connectivity index (χ1) is 39.3. The van der Waals surface area contributed by atoms with Gasteiger partial charge in [-0.3, -0.25) is 33.6 Å². The third kappa shape index (κ3) is 19.4. The van der Waals surface area contributed by atoms with Gasteiger partial charge in [-0.2, -0.15) is 11.8 Å². The Morgan fingerprint density at radius 1 is 0.578 bits per heavy atom. The predicted molar refractivity (Wildman–Crippen MR) is 319 cm³/mol. The second kappa shape index (κ2) is 30.5. The minimum absolute atomic E-state index is 0.0321. The summed E-state index contributed by atoms with van der Waals surface area (Å²) in [6, 6.07) is 28.1. The van der Waals surface area contributed by atoms with Crippen LogP contribution in [-0.4, -0.2) is 130 Å². The molecule has 0 unspecified atom stereocenters. The van der Waals surface area contributed by atoms with Gasteiger partial charge >= 0.3 is 12.1 Å². The lowest BCUT2D eigenvalue weighted by Gasteiger charge is -2.37. The molecule has 4 aromatic carbocycles. The summed E-state index contributed by atoms with van der Waals surface area (Å²) >= 11 is 1.41. The number of hydrogen-bond acceptors (Lipinski definition) is 12. The summed E-state index contributed by atoms with van der Waals surface area (Å²) in [5, 5.41) is 19.4. The maximum atomic E-state index is 14.9. The van der Waals surface area contributed by atoms with Crippen LogP contribution in [0.15, 0.2) is 121 Å². The van der Waals surface area contributed by atoms with Crippen molar-refractivity contribution in [2.45, 2.75) is 167 Å². The van der Waals surface area contributed by atoms with Crippen LogP contribution < -0.4 is 37.2 Å². The first-order valence-corrected chi connectivity index (χ1v) is 29.7. The Hall–Kier alpha value is -7.74. The van der Waals surface area contributed by atoms with Crippen molar-refractivity contribution in [2.75, 3.05) is 18.6 Å². The Bertz CT molecular complexity index is 2730. The molecule has 448 valence electrons. The Kier molecular flexibility index (Phi) is 24.3. The van der Waals surface area contributed by atoms with E-state index in [2.05, 4.69) is 37.2 Å². The normalized spacial score (nSPS) is 16.0. The molecule has 0 aliphatic carbocycles. The van der Waals surface area contributed by atoms with Gasteiger partial charge in [0.2, 0.25) is 41.4 Å². The van der Waals surface area contributed by atoms with Crippen LogP contribution in [0.2, 0.25) is 0 Å². The zero-order chi connectivity index (χ0) is 61.1. The number of nitrogens with zero attached hydrogens (tertiary/aromatic N) is 1. The highest BCUT2D eigenvalue weighted by molar-refractivity contribution is 7.98. The summed E-state index contributed by atoms with van der Waals surface area (Å²) in [7, 11) is 0. The number of rotatable bonds is 26. The minimum Gasteiger partial charge on any atom is -0.458 e. The Morgan fingerprint density at radius 2 is 1.04 bits per heavy atom. The highest BCUT2D eigenvalue weighted by Gasteiger charge is 2.43. The molecular formula is C63H84N8O11S. The average molecular weight is 1160 g/mol. The number of ether oxygens (including phenoxy) is 2. The monoisotopic (exact) mass is 1160 g/mol. The van der Waals surface area contributed by atoms with E-state index in [1.54, 1.807) is 71.9 Å². The number of nitrogens with one attached hydrogen (secondary N) is 7. The van der Waals surface area contributed by atoms with Crippen LogP contribution in [-0.2, 0) is 59.8 Å². The quantitative estimate of drug-likeness (QED) is 0.0273. The lowest BCUT2D eigenvalue weighted by Crippen LogP contribution is -2.60. The topological polar surface area (TPSA) is 260 Å². The number of hydrogen-bond donors (Lipinski definition) is 7. The number of benzene rings is 4. The zero-order valence-corrected chi connectivity index (χ0v) is 50.5. The lowest BCUT2D eigenvalue weighted by atomic mass is 9.77. The summed E-state index contributed by atoms with van der Waals surface area (Å²) in [4.78, 5) is 128. The van der Waals surface area contributed by atoms with Gasteiger partial charge in [-0.1, -0.05) is 142 Å². The van der Waals surface area contributed by atoms with Crippen LogP contribution in [0.3, 0.4) is 0 Å². The lowest BCUT2D eigenvalue weighted by molar-refractivity contribution is -0.163. The molecule has 1 fully saturated rings. The van der Waals surface area contributed by atoms with Gasteiger partial charge in [0.25, 0.3) is 0 Å². The molecule has 0 bridgehead atoms. The number of carbonyl (C=O) groups is 9. The fraction of sp³-hybridized carbons (Fsp3) is 0.476. The summed E-state index contributed by atoms with van der Waals surface area (Å²) < 4.78 is 11.1. The number of carbonyl (C=O) groups excluding carboxylic acids is 9. The van der Waals surface area contributed by atoms with Crippen molar-refractivity contribution in [3.8, 4) is 0 Å². The number of esters is 1. The van der Waals surface area contributed by atoms with Crippen LogP contribution in [0, 0.1) is 5.92 Å². The maximum Gasteiger partial charge on any atom is 0.408 e. The highest BCUT2D eigenvalue weighted by Crippen LogP contribution is 2.37. The van der Waals surface area contributed by atoms with Crippen molar-refractivity contribution in [3.05, 3.63) is 144 Å². The van der Waals surface area contributed by atoms with E-state index < -0.39 is 119 Å². The molecule has 1 heterocycles. The van der Waals surface area contributed by atoms with E-state index in [4.69, 9.17) is 9.47 Å². The molecule has 1 aliphatic heterocycles. The Labute approximate surface area is 492 Å². The molecule has 0 aromatic heterocycles. The SMILES string of the molecule is CC[C@H](C)[C@H](NC(=O)[C@H](C)NC(=O)[C@H](CCSC)NC(=O)[C@H](C)NC(=O)[C@@H](CC(=O)NC(c1ccccc1)(c1ccccc1)c1ccccc1)NC(=O)[C@H](Cc1ccccc1)NC(=O)OC(C)(C)C)C(=O)N1CCC[C@H]1C(=O)OC(C)(C)C. The van der Waals surface area contributed by atoms with Crippen molar-refractivity contribution in [3.63, 3.8) is 0 Å². The number of thioether (sulfide) groups is 1. The fourth-order valence-corrected chi connectivity index (χ4v) is 10.0. The van der Waals surface area contributed by atoms with Crippen LogP contribution >= 0.6 is 11.8 Å². The van der Waals surface area contributed by atoms with E-state index in [0.717, 1.165) is 0 Å². The third-order valence-corrected chi connectivity index (χ3v) is 14.6. The third-order valence-electron chi connectivity index (χ3n) is 14.0. The molecule has 0 saturated carbocycles. The van der Waals surface area contributed by atoms with E-state index in [-0.39, 0.29) is 18.8 Å². The molecule has 8 amide bonds.